The Hall–Kier alpha value is -0.890. The van der Waals surface area contributed by atoms with Gasteiger partial charge in [-0.3, -0.25) is 4.99 Å². The molecule has 0 radical (unpaired) electrons. The van der Waals surface area contributed by atoms with E-state index in [4.69, 9.17) is 10.5 Å². The summed E-state index contributed by atoms with van der Waals surface area (Å²) in [6.45, 7) is 2.44. The molecule has 2 rings (SSSR count). The van der Waals surface area contributed by atoms with Gasteiger partial charge in [0.2, 0.25) is 0 Å². The highest BCUT2D eigenvalue weighted by atomic mass is 127. The first kappa shape index (κ1) is 15.2. The van der Waals surface area contributed by atoms with Crippen molar-refractivity contribution in [1.29, 1.82) is 0 Å². The van der Waals surface area contributed by atoms with Gasteiger partial charge in [0.1, 0.15) is 5.82 Å². The monoisotopic (exact) mass is 362 g/mol. The number of nitrogens with two attached hydrogens (primary N) is 1. The molecule has 1 aromatic rings. The van der Waals surface area contributed by atoms with Gasteiger partial charge in [-0.2, -0.15) is 0 Å². The largest absolute Gasteiger partial charge is 0.381 e. The van der Waals surface area contributed by atoms with Crippen LogP contribution in [0.5, 0.6) is 0 Å². The lowest BCUT2D eigenvalue weighted by Crippen LogP contribution is -2.25. The number of anilines is 1. The summed E-state index contributed by atoms with van der Waals surface area (Å²) in [4.78, 5) is 8.45. The van der Waals surface area contributed by atoms with Crippen LogP contribution in [0.1, 0.15) is 12.8 Å². The summed E-state index contributed by atoms with van der Waals surface area (Å²) in [6.07, 6.45) is 3.86. The van der Waals surface area contributed by atoms with E-state index in [0.717, 1.165) is 38.4 Å². The smallest absolute Gasteiger partial charge is 0.194 e. The molecule has 0 bridgehead atoms. The molecule has 3 N–H and O–H groups in total. The second-order valence-corrected chi connectivity index (χ2v) is 4.12. The minimum atomic E-state index is 0. The number of halogens is 1. The molecule has 0 spiro atoms. The Morgan fingerprint density at radius 1 is 1.44 bits per heavy atom. The standard InChI is InChI=1S/C12H18N4O.HI/c13-12(16-11-3-1-2-6-14-11)15-9-10-4-7-17-8-5-10;/h1-3,6,10H,4-5,7-9H2,(H3,13,14,15,16);1H. The van der Waals surface area contributed by atoms with Gasteiger partial charge in [-0.05, 0) is 30.9 Å². The number of pyridine rings is 1. The van der Waals surface area contributed by atoms with Crippen LogP contribution in [0.2, 0.25) is 0 Å². The van der Waals surface area contributed by atoms with Gasteiger partial charge >= 0.3 is 0 Å². The third-order valence-corrected chi connectivity index (χ3v) is 2.78. The molecule has 0 atom stereocenters. The number of guanidine groups is 1. The highest BCUT2D eigenvalue weighted by Crippen LogP contribution is 2.14. The first-order chi connectivity index (χ1) is 8.34. The molecular formula is C12H19IN4O. The Morgan fingerprint density at radius 3 is 2.89 bits per heavy atom. The first-order valence-corrected chi connectivity index (χ1v) is 5.90. The molecule has 1 aromatic heterocycles. The van der Waals surface area contributed by atoms with Gasteiger partial charge in [0.15, 0.2) is 5.96 Å². The highest BCUT2D eigenvalue weighted by molar-refractivity contribution is 14.0. The van der Waals surface area contributed by atoms with Crippen molar-refractivity contribution in [2.75, 3.05) is 25.1 Å². The molecule has 0 amide bonds. The maximum Gasteiger partial charge on any atom is 0.194 e. The molecule has 2 heterocycles. The molecule has 0 saturated carbocycles. The van der Waals surface area contributed by atoms with E-state index in [9.17, 15) is 0 Å². The zero-order valence-electron chi connectivity index (χ0n) is 10.2. The minimum absolute atomic E-state index is 0. The van der Waals surface area contributed by atoms with Gasteiger partial charge in [0.25, 0.3) is 0 Å². The van der Waals surface area contributed by atoms with E-state index in [-0.39, 0.29) is 24.0 Å². The van der Waals surface area contributed by atoms with Gasteiger partial charge in [-0.25, -0.2) is 4.98 Å². The predicted molar refractivity (Wildman–Crippen MR) is 83.3 cm³/mol. The van der Waals surface area contributed by atoms with Crippen molar-refractivity contribution in [3.63, 3.8) is 0 Å². The Morgan fingerprint density at radius 2 is 2.22 bits per heavy atom. The maximum absolute atomic E-state index is 5.79. The number of hydrogen-bond donors (Lipinski definition) is 2. The van der Waals surface area contributed by atoms with Crippen LogP contribution in [0, 0.1) is 5.92 Å². The molecular weight excluding hydrogens is 343 g/mol. The van der Waals surface area contributed by atoms with Crippen LogP contribution >= 0.6 is 24.0 Å². The van der Waals surface area contributed by atoms with Crippen molar-refractivity contribution in [2.24, 2.45) is 16.6 Å². The summed E-state index contributed by atoms with van der Waals surface area (Å²) < 4.78 is 5.30. The van der Waals surface area contributed by atoms with E-state index in [1.54, 1.807) is 6.20 Å². The van der Waals surface area contributed by atoms with Gasteiger partial charge in [0, 0.05) is 26.0 Å². The summed E-state index contributed by atoms with van der Waals surface area (Å²) in [7, 11) is 0. The number of ether oxygens (including phenoxy) is 1. The van der Waals surface area contributed by atoms with Gasteiger partial charge in [-0.1, -0.05) is 6.07 Å². The summed E-state index contributed by atoms with van der Waals surface area (Å²) in [5.74, 6) is 1.74. The molecule has 18 heavy (non-hydrogen) atoms. The number of rotatable bonds is 3. The van der Waals surface area contributed by atoms with Crippen molar-refractivity contribution in [1.82, 2.24) is 4.98 Å². The quantitative estimate of drug-likeness (QED) is 0.489. The molecule has 1 aliphatic rings. The molecule has 0 aliphatic carbocycles. The Labute approximate surface area is 124 Å². The van der Waals surface area contributed by atoms with E-state index in [0.29, 0.717) is 11.9 Å². The summed E-state index contributed by atoms with van der Waals surface area (Å²) in [5, 5.41) is 2.97. The normalized spacial score (nSPS) is 17.0. The molecule has 0 aromatic carbocycles. The van der Waals surface area contributed by atoms with Crippen LogP contribution in [0.4, 0.5) is 5.82 Å². The van der Waals surface area contributed by atoms with E-state index in [2.05, 4.69) is 15.3 Å². The lowest BCUT2D eigenvalue weighted by atomic mass is 10.0. The third kappa shape index (κ3) is 5.18. The van der Waals surface area contributed by atoms with Crippen molar-refractivity contribution in [3.05, 3.63) is 24.4 Å². The fourth-order valence-electron chi connectivity index (χ4n) is 1.76. The zero-order valence-corrected chi connectivity index (χ0v) is 12.5. The third-order valence-electron chi connectivity index (χ3n) is 2.78. The first-order valence-electron chi connectivity index (χ1n) is 5.90. The molecule has 5 nitrogen and oxygen atoms in total. The van der Waals surface area contributed by atoms with Crippen molar-refractivity contribution < 1.29 is 4.74 Å². The SMILES string of the molecule is I.NC(=NCC1CCOCC1)Nc1ccccn1. The second kappa shape index (κ2) is 8.25. The van der Waals surface area contributed by atoms with Crippen LogP contribution in [0.15, 0.2) is 29.4 Å². The minimum Gasteiger partial charge on any atom is -0.381 e. The van der Waals surface area contributed by atoms with Crippen LogP contribution in [-0.4, -0.2) is 30.7 Å². The highest BCUT2D eigenvalue weighted by Gasteiger charge is 2.12. The van der Waals surface area contributed by atoms with Crippen molar-refractivity contribution in [2.45, 2.75) is 12.8 Å². The molecule has 1 fully saturated rings. The Kier molecular flexibility index (Phi) is 6.96. The van der Waals surface area contributed by atoms with Crippen LogP contribution < -0.4 is 11.1 Å². The van der Waals surface area contributed by atoms with Gasteiger partial charge in [-0.15, -0.1) is 24.0 Å². The van der Waals surface area contributed by atoms with E-state index >= 15 is 0 Å². The lowest BCUT2D eigenvalue weighted by Gasteiger charge is -2.20. The molecule has 6 heteroatoms. The number of nitrogens with one attached hydrogen (secondary N) is 1. The molecule has 1 aliphatic heterocycles. The predicted octanol–water partition coefficient (Wildman–Crippen LogP) is 1.85. The fraction of sp³-hybridized carbons (Fsp3) is 0.500. The van der Waals surface area contributed by atoms with Crippen LogP contribution in [-0.2, 0) is 4.74 Å². The topological polar surface area (TPSA) is 72.5 Å². The summed E-state index contributed by atoms with van der Waals surface area (Å²) in [6, 6.07) is 5.62. The van der Waals surface area contributed by atoms with E-state index < -0.39 is 0 Å². The Bertz CT molecular complexity index is 366. The average Bonchev–Trinajstić information content (AvgIpc) is 2.39. The van der Waals surface area contributed by atoms with Crippen molar-refractivity contribution >= 4 is 35.8 Å². The summed E-state index contributed by atoms with van der Waals surface area (Å²) in [5.41, 5.74) is 5.79. The number of hydrogen-bond acceptors (Lipinski definition) is 3. The summed E-state index contributed by atoms with van der Waals surface area (Å²) >= 11 is 0. The fourth-order valence-corrected chi connectivity index (χ4v) is 1.76. The Balaban J connectivity index is 0.00000162. The van der Waals surface area contributed by atoms with E-state index in [1.807, 2.05) is 18.2 Å². The van der Waals surface area contributed by atoms with Gasteiger partial charge < -0.3 is 15.8 Å². The molecule has 1 saturated heterocycles. The number of aromatic nitrogens is 1. The van der Waals surface area contributed by atoms with Crippen molar-refractivity contribution in [3.8, 4) is 0 Å². The maximum atomic E-state index is 5.79. The molecule has 0 unspecified atom stereocenters. The van der Waals surface area contributed by atoms with E-state index in [1.165, 1.54) is 0 Å². The number of nitrogens with zero attached hydrogens (tertiary/aromatic N) is 2. The second-order valence-electron chi connectivity index (χ2n) is 4.12. The molecule has 100 valence electrons. The lowest BCUT2D eigenvalue weighted by molar-refractivity contribution is 0.0689. The van der Waals surface area contributed by atoms with Crippen LogP contribution in [0.25, 0.3) is 0 Å². The zero-order chi connectivity index (χ0) is 11.9. The average molecular weight is 362 g/mol. The van der Waals surface area contributed by atoms with Crippen LogP contribution in [0.3, 0.4) is 0 Å². The number of aliphatic imine (C=N–C) groups is 1. The van der Waals surface area contributed by atoms with Gasteiger partial charge in [0.05, 0.1) is 0 Å².